The normalized spacial score (nSPS) is 35.1. The number of hydrogen-bond acceptors (Lipinski definition) is 0. The summed E-state index contributed by atoms with van der Waals surface area (Å²) in [7, 11) is 0. The van der Waals surface area contributed by atoms with Gasteiger partial charge in [-0.05, 0) is 80.8 Å². The molecule has 2 aliphatic carbocycles. The van der Waals surface area contributed by atoms with Crippen molar-refractivity contribution in [3.05, 3.63) is 35.4 Å². The lowest BCUT2D eigenvalue weighted by Gasteiger charge is -2.37. The molecule has 0 nitrogen and oxygen atoms in total. The molecule has 118 valence electrons. The summed E-state index contributed by atoms with van der Waals surface area (Å²) in [6, 6.07) is 0. The monoisotopic (exact) mass is 306 g/mol. The lowest BCUT2D eigenvalue weighted by Crippen LogP contribution is -2.25. The van der Waals surface area contributed by atoms with E-state index in [-0.39, 0.29) is 0 Å². The molecular formula is C20H31Cl. The zero-order valence-corrected chi connectivity index (χ0v) is 14.5. The zero-order valence-electron chi connectivity index (χ0n) is 13.8. The average molecular weight is 307 g/mol. The Bertz CT molecular complexity index is 388. The van der Waals surface area contributed by atoms with E-state index >= 15 is 0 Å². The minimum absolute atomic E-state index is 0.624. The van der Waals surface area contributed by atoms with Crippen LogP contribution in [0.2, 0.25) is 0 Å². The molecule has 2 saturated carbocycles. The van der Waals surface area contributed by atoms with Crippen LogP contribution in [-0.2, 0) is 0 Å². The maximum absolute atomic E-state index is 5.85. The van der Waals surface area contributed by atoms with E-state index in [0.29, 0.717) is 5.03 Å². The van der Waals surface area contributed by atoms with Gasteiger partial charge in [-0.15, -0.1) is 0 Å². The van der Waals surface area contributed by atoms with Crippen LogP contribution in [0.3, 0.4) is 0 Å². The molecule has 2 aliphatic rings. The molecule has 0 amide bonds. The molecule has 0 atom stereocenters. The molecule has 1 heteroatoms. The lowest BCUT2D eigenvalue weighted by atomic mass is 9.68. The van der Waals surface area contributed by atoms with E-state index in [9.17, 15) is 0 Å². The van der Waals surface area contributed by atoms with Gasteiger partial charge in [-0.3, -0.25) is 0 Å². The summed E-state index contributed by atoms with van der Waals surface area (Å²) in [6.07, 6.45) is 17.8. The highest BCUT2D eigenvalue weighted by Crippen LogP contribution is 2.42. The quantitative estimate of drug-likeness (QED) is 0.497. The molecule has 2 rings (SSSR count). The molecule has 21 heavy (non-hydrogen) atoms. The fraction of sp³-hybridized carbons (Fsp3) is 0.700. The SMILES string of the molecule is C=C(Cl)/C=C\C(=C/C)C1CCC(C2CCC(C)CC2)CC1. The Balaban J connectivity index is 1.83. The van der Waals surface area contributed by atoms with Crippen molar-refractivity contribution in [3.8, 4) is 0 Å². The Labute approximate surface area is 136 Å². The van der Waals surface area contributed by atoms with Crippen LogP contribution in [0, 0.1) is 23.7 Å². The van der Waals surface area contributed by atoms with Crippen molar-refractivity contribution in [2.24, 2.45) is 23.7 Å². The highest BCUT2D eigenvalue weighted by molar-refractivity contribution is 6.30. The maximum atomic E-state index is 5.85. The van der Waals surface area contributed by atoms with E-state index in [2.05, 4.69) is 32.6 Å². The van der Waals surface area contributed by atoms with E-state index in [1.807, 2.05) is 6.08 Å². The first-order valence-electron chi connectivity index (χ1n) is 8.78. The molecular weight excluding hydrogens is 276 g/mol. The van der Waals surface area contributed by atoms with Crippen LogP contribution in [-0.4, -0.2) is 0 Å². The maximum Gasteiger partial charge on any atom is 0.0334 e. The molecule has 0 heterocycles. The lowest BCUT2D eigenvalue weighted by molar-refractivity contribution is 0.159. The van der Waals surface area contributed by atoms with Crippen LogP contribution >= 0.6 is 11.6 Å². The number of rotatable bonds is 4. The van der Waals surface area contributed by atoms with Crippen molar-refractivity contribution < 1.29 is 0 Å². The van der Waals surface area contributed by atoms with Gasteiger partial charge < -0.3 is 0 Å². The molecule has 2 fully saturated rings. The van der Waals surface area contributed by atoms with Gasteiger partial charge >= 0.3 is 0 Å². The first-order valence-corrected chi connectivity index (χ1v) is 9.16. The van der Waals surface area contributed by atoms with Crippen LogP contribution in [0.15, 0.2) is 35.4 Å². The average Bonchev–Trinajstić information content (AvgIpc) is 2.49. The van der Waals surface area contributed by atoms with Crippen LogP contribution in [0.25, 0.3) is 0 Å². The topological polar surface area (TPSA) is 0 Å². The van der Waals surface area contributed by atoms with E-state index in [4.69, 9.17) is 11.6 Å². The summed E-state index contributed by atoms with van der Waals surface area (Å²) in [5.41, 5.74) is 1.45. The van der Waals surface area contributed by atoms with Crippen molar-refractivity contribution in [2.45, 2.75) is 65.2 Å². The number of allylic oxidation sites excluding steroid dienone is 5. The van der Waals surface area contributed by atoms with Crippen molar-refractivity contribution in [1.29, 1.82) is 0 Å². The predicted molar refractivity (Wildman–Crippen MR) is 94.5 cm³/mol. The molecule has 0 unspecified atom stereocenters. The van der Waals surface area contributed by atoms with Crippen LogP contribution in [0.4, 0.5) is 0 Å². The Morgan fingerprint density at radius 3 is 1.90 bits per heavy atom. The van der Waals surface area contributed by atoms with E-state index in [1.165, 1.54) is 56.9 Å². The zero-order chi connectivity index (χ0) is 15.2. The third-order valence-corrected chi connectivity index (χ3v) is 5.89. The molecule has 0 radical (unpaired) electrons. The highest BCUT2D eigenvalue weighted by Gasteiger charge is 2.30. The van der Waals surface area contributed by atoms with Gasteiger partial charge in [-0.2, -0.15) is 0 Å². The van der Waals surface area contributed by atoms with Gasteiger partial charge in [0.25, 0.3) is 0 Å². The van der Waals surface area contributed by atoms with Crippen molar-refractivity contribution in [3.63, 3.8) is 0 Å². The Morgan fingerprint density at radius 2 is 1.43 bits per heavy atom. The van der Waals surface area contributed by atoms with Gasteiger partial charge in [0, 0.05) is 5.03 Å². The van der Waals surface area contributed by atoms with Gasteiger partial charge in [0.1, 0.15) is 0 Å². The van der Waals surface area contributed by atoms with E-state index in [0.717, 1.165) is 23.7 Å². The van der Waals surface area contributed by atoms with Gasteiger partial charge in [-0.1, -0.05) is 50.1 Å². The minimum atomic E-state index is 0.624. The third kappa shape index (κ3) is 5.02. The van der Waals surface area contributed by atoms with Crippen molar-refractivity contribution >= 4 is 11.6 Å². The summed E-state index contributed by atoms with van der Waals surface area (Å²) in [6.45, 7) is 8.30. The fourth-order valence-corrected chi connectivity index (χ4v) is 4.40. The number of hydrogen-bond donors (Lipinski definition) is 0. The summed E-state index contributed by atoms with van der Waals surface area (Å²) in [5, 5.41) is 0.624. The Kier molecular flexibility index (Phi) is 6.61. The third-order valence-electron chi connectivity index (χ3n) is 5.76. The van der Waals surface area contributed by atoms with Gasteiger partial charge in [0.15, 0.2) is 0 Å². The second kappa shape index (κ2) is 8.22. The molecule has 0 aliphatic heterocycles. The number of halogens is 1. The van der Waals surface area contributed by atoms with Crippen molar-refractivity contribution in [1.82, 2.24) is 0 Å². The minimum Gasteiger partial charge on any atom is -0.0850 e. The molecule has 0 aromatic carbocycles. The summed E-state index contributed by atoms with van der Waals surface area (Å²) in [4.78, 5) is 0. The Morgan fingerprint density at radius 1 is 0.905 bits per heavy atom. The fourth-order valence-electron chi connectivity index (χ4n) is 4.34. The van der Waals surface area contributed by atoms with Crippen LogP contribution in [0.5, 0.6) is 0 Å². The summed E-state index contributed by atoms with van der Waals surface area (Å²) >= 11 is 5.85. The molecule has 0 bridgehead atoms. The molecule has 0 spiro atoms. The van der Waals surface area contributed by atoms with Gasteiger partial charge in [0.05, 0.1) is 0 Å². The first-order chi connectivity index (χ1) is 10.1. The van der Waals surface area contributed by atoms with E-state index < -0.39 is 0 Å². The van der Waals surface area contributed by atoms with Gasteiger partial charge in [-0.25, -0.2) is 0 Å². The van der Waals surface area contributed by atoms with Crippen molar-refractivity contribution in [2.75, 3.05) is 0 Å². The first kappa shape index (κ1) is 16.9. The molecule has 0 aromatic heterocycles. The predicted octanol–water partition coefficient (Wildman–Crippen LogP) is 6.87. The molecule has 0 saturated heterocycles. The standard InChI is InChI=1S/C20H31Cl/c1-4-17(10-7-16(3)21)18-11-13-20(14-12-18)19-8-5-15(2)6-9-19/h4,7,10,15,18-20H,3,5-6,8-9,11-14H2,1-2H3/b10-7-,17-4+. The largest absolute Gasteiger partial charge is 0.0850 e. The summed E-state index contributed by atoms with van der Waals surface area (Å²) in [5.74, 6) is 3.73. The van der Waals surface area contributed by atoms with Crippen LogP contribution in [0.1, 0.15) is 65.2 Å². The molecule has 0 N–H and O–H groups in total. The van der Waals surface area contributed by atoms with Crippen LogP contribution < -0.4 is 0 Å². The molecule has 0 aromatic rings. The van der Waals surface area contributed by atoms with E-state index in [1.54, 1.807) is 0 Å². The summed E-state index contributed by atoms with van der Waals surface area (Å²) < 4.78 is 0. The Hall–Kier alpha value is -0.490. The highest BCUT2D eigenvalue weighted by atomic mass is 35.5. The second-order valence-corrected chi connectivity index (χ2v) is 7.69. The second-order valence-electron chi connectivity index (χ2n) is 7.20. The smallest absolute Gasteiger partial charge is 0.0334 e. The van der Waals surface area contributed by atoms with Gasteiger partial charge in [0.2, 0.25) is 0 Å².